The summed E-state index contributed by atoms with van der Waals surface area (Å²) in [4.78, 5) is 11.3. The van der Waals surface area contributed by atoms with E-state index in [1.165, 1.54) is 0 Å². The summed E-state index contributed by atoms with van der Waals surface area (Å²) in [6.45, 7) is 3.89. The Morgan fingerprint density at radius 3 is 2.63 bits per heavy atom. The molecule has 0 bridgehead atoms. The highest BCUT2D eigenvalue weighted by Gasteiger charge is 2.11. The lowest BCUT2D eigenvalue weighted by atomic mass is 10.2. The third kappa shape index (κ3) is 6.66. The summed E-state index contributed by atoms with van der Waals surface area (Å²) in [6, 6.07) is 7.96. The first-order valence-electron chi connectivity index (χ1n) is 9.42. The molecule has 0 unspecified atom stereocenters. The van der Waals surface area contributed by atoms with Crippen molar-refractivity contribution in [3.05, 3.63) is 58.1 Å². The van der Waals surface area contributed by atoms with Gasteiger partial charge in [0.15, 0.2) is 11.8 Å². The van der Waals surface area contributed by atoms with Crippen molar-refractivity contribution in [2.45, 2.75) is 26.4 Å². The number of thiazole rings is 1. The minimum Gasteiger partial charge on any atom is -0.497 e. The molecule has 0 radical (unpaired) electrons. The number of guanidine groups is 1. The largest absolute Gasteiger partial charge is 0.497 e. The molecule has 0 saturated carbocycles. The third-order valence-corrected chi connectivity index (χ3v) is 5.50. The molecule has 3 aromatic rings. The number of benzene rings is 1. The maximum absolute atomic E-state index is 5.22. The number of nitrogens with one attached hydrogen (secondary N) is 1. The summed E-state index contributed by atoms with van der Waals surface area (Å²) < 4.78 is 7.20. The van der Waals surface area contributed by atoms with Crippen LogP contribution >= 0.6 is 35.3 Å². The Morgan fingerprint density at radius 1 is 1.27 bits per heavy atom. The Morgan fingerprint density at radius 2 is 2.03 bits per heavy atom. The topological polar surface area (TPSA) is 80.5 Å². The van der Waals surface area contributed by atoms with Gasteiger partial charge in [0.25, 0.3) is 0 Å². The molecule has 0 aliphatic rings. The van der Waals surface area contributed by atoms with Gasteiger partial charge in [0.05, 0.1) is 25.2 Å². The first-order valence-corrected chi connectivity index (χ1v) is 10.3. The highest BCUT2D eigenvalue weighted by atomic mass is 127. The van der Waals surface area contributed by atoms with Crippen molar-refractivity contribution in [3.63, 3.8) is 0 Å². The lowest BCUT2D eigenvalue weighted by molar-refractivity contribution is 0.414. The zero-order chi connectivity index (χ0) is 20.6. The number of aliphatic imine (C=N–C) groups is 1. The molecule has 0 aliphatic carbocycles. The van der Waals surface area contributed by atoms with Crippen LogP contribution in [0, 0.1) is 6.92 Å². The van der Waals surface area contributed by atoms with Gasteiger partial charge in [-0.2, -0.15) is 0 Å². The number of aromatic nitrogens is 4. The fourth-order valence-electron chi connectivity index (χ4n) is 2.72. The van der Waals surface area contributed by atoms with Gasteiger partial charge in [0.1, 0.15) is 11.6 Å². The Bertz CT molecular complexity index is 925. The van der Waals surface area contributed by atoms with E-state index in [4.69, 9.17) is 9.73 Å². The highest BCUT2D eigenvalue weighted by Crippen LogP contribution is 2.12. The maximum Gasteiger partial charge on any atom is 0.194 e. The van der Waals surface area contributed by atoms with Gasteiger partial charge in [-0.15, -0.1) is 45.5 Å². The zero-order valence-electron chi connectivity index (χ0n) is 17.7. The van der Waals surface area contributed by atoms with E-state index in [9.17, 15) is 0 Å². The standard InChI is InChI=1S/C20H27N7OS.HI/c1-15-24-25-18(27(15)3)14-23-20(26(2)11-9-19-21-10-12-29-19)22-13-16-5-7-17(28-4)8-6-16;/h5-8,10,12H,9,11,13-14H2,1-4H3,(H,22,23);1H. The van der Waals surface area contributed by atoms with Crippen LogP contribution in [0.5, 0.6) is 5.75 Å². The van der Waals surface area contributed by atoms with E-state index >= 15 is 0 Å². The minimum absolute atomic E-state index is 0. The number of hydrogen-bond acceptors (Lipinski definition) is 6. The summed E-state index contributed by atoms with van der Waals surface area (Å²) in [7, 11) is 5.67. The van der Waals surface area contributed by atoms with Gasteiger partial charge in [-0.1, -0.05) is 12.1 Å². The summed E-state index contributed by atoms with van der Waals surface area (Å²) in [5, 5.41) is 14.9. The molecule has 0 aliphatic heterocycles. The van der Waals surface area contributed by atoms with E-state index in [1.807, 2.05) is 61.4 Å². The number of halogens is 1. The fraction of sp³-hybridized carbons (Fsp3) is 0.400. The summed E-state index contributed by atoms with van der Waals surface area (Å²) in [6.07, 6.45) is 2.72. The lowest BCUT2D eigenvalue weighted by Gasteiger charge is -2.22. The molecule has 0 atom stereocenters. The Balaban J connectivity index is 0.00000320. The molecule has 1 N–H and O–H groups in total. The molecule has 30 heavy (non-hydrogen) atoms. The molecule has 2 heterocycles. The van der Waals surface area contributed by atoms with Crippen molar-refractivity contribution < 1.29 is 4.74 Å². The molecule has 0 saturated heterocycles. The smallest absolute Gasteiger partial charge is 0.194 e. The molecule has 10 heteroatoms. The third-order valence-electron chi connectivity index (χ3n) is 4.66. The van der Waals surface area contributed by atoms with Gasteiger partial charge >= 0.3 is 0 Å². The average molecular weight is 541 g/mol. The fourth-order valence-corrected chi connectivity index (χ4v) is 3.33. The quantitative estimate of drug-likeness (QED) is 0.268. The molecule has 8 nitrogen and oxygen atoms in total. The van der Waals surface area contributed by atoms with Gasteiger partial charge in [-0.05, 0) is 24.6 Å². The van der Waals surface area contributed by atoms with Crippen LogP contribution < -0.4 is 10.1 Å². The summed E-state index contributed by atoms with van der Waals surface area (Å²) in [5.41, 5.74) is 1.12. The number of hydrogen-bond donors (Lipinski definition) is 1. The molecule has 162 valence electrons. The van der Waals surface area contributed by atoms with Crippen LogP contribution in [0.3, 0.4) is 0 Å². The number of nitrogens with zero attached hydrogens (tertiary/aromatic N) is 6. The second-order valence-electron chi connectivity index (χ2n) is 6.66. The minimum atomic E-state index is 0. The van der Waals surface area contributed by atoms with Crippen LogP contribution in [-0.2, 0) is 26.6 Å². The van der Waals surface area contributed by atoms with Gasteiger partial charge in [0.2, 0.25) is 0 Å². The van der Waals surface area contributed by atoms with Gasteiger partial charge < -0.3 is 19.5 Å². The van der Waals surface area contributed by atoms with Crippen LogP contribution in [0.25, 0.3) is 0 Å². The van der Waals surface area contributed by atoms with Crippen LogP contribution in [0.15, 0.2) is 40.8 Å². The van der Waals surface area contributed by atoms with E-state index in [0.29, 0.717) is 13.1 Å². The molecule has 0 spiro atoms. The molecule has 0 amide bonds. The SMILES string of the molecule is COc1ccc(CN=C(NCc2nnc(C)n2C)N(C)CCc2nccs2)cc1.I. The van der Waals surface area contributed by atoms with Crippen molar-refractivity contribution in [2.24, 2.45) is 12.0 Å². The molecule has 2 aromatic heterocycles. The molecule has 0 fully saturated rings. The first kappa shape index (κ1) is 24.1. The molecule has 1 aromatic carbocycles. The summed E-state index contributed by atoms with van der Waals surface area (Å²) in [5.74, 6) is 3.41. The Hall–Kier alpha value is -2.21. The predicted molar refractivity (Wildman–Crippen MR) is 131 cm³/mol. The highest BCUT2D eigenvalue weighted by molar-refractivity contribution is 14.0. The van der Waals surface area contributed by atoms with Crippen molar-refractivity contribution in [2.75, 3.05) is 20.7 Å². The van der Waals surface area contributed by atoms with E-state index < -0.39 is 0 Å². The second kappa shape index (κ2) is 11.8. The predicted octanol–water partition coefficient (Wildman–Crippen LogP) is 3.03. The van der Waals surface area contributed by atoms with Crippen molar-refractivity contribution in [3.8, 4) is 5.75 Å². The van der Waals surface area contributed by atoms with Crippen LogP contribution in [-0.4, -0.2) is 51.3 Å². The Labute approximate surface area is 198 Å². The van der Waals surface area contributed by atoms with Crippen molar-refractivity contribution >= 4 is 41.3 Å². The van der Waals surface area contributed by atoms with E-state index in [1.54, 1.807) is 18.4 Å². The monoisotopic (exact) mass is 541 g/mol. The number of ether oxygens (including phenoxy) is 1. The number of aryl methyl sites for hydroxylation is 1. The lowest BCUT2D eigenvalue weighted by Crippen LogP contribution is -2.40. The van der Waals surface area contributed by atoms with Gasteiger partial charge in [-0.25, -0.2) is 9.98 Å². The van der Waals surface area contributed by atoms with E-state index in [2.05, 4.69) is 25.4 Å². The van der Waals surface area contributed by atoms with Gasteiger partial charge in [-0.3, -0.25) is 0 Å². The van der Waals surface area contributed by atoms with E-state index in [0.717, 1.165) is 46.9 Å². The molecular formula is C20H28IN7OS. The zero-order valence-corrected chi connectivity index (χ0v) is 20.8. The van der Waals surface area contributed by atoms with Crippen LogP contribution in [0.2, 0.25) is 0 Å². The van der Waals surface area contributed by atoms with E-state index in [-0.39, 0.29) is 24.0 Å². The number of likely N-dealkylation sites (N-methyl/N-ethyl adjacent to an activating group) is 1. The average Bonchev–Trinajstić information content (AvgIpc) is 3.37. The normalized spacial score (nSPS) is 11.1. The molecule has 3 rings (SSSR count). The van der Waals surface area contributed by atoms with Crippen LogP contribution in [0.4, 0.5) is 0 Å². The maximum atomic E-state index is 5.22. The van der Waals surface area contributed by atoms with Crippen molar-refractivity contribution in [1.29, 1.82) is 0 Å². The summed E-state index contributed by atoms with van der Waals surface area (Å²) >= 11 is 1.67. The molecular weight excluding hydrogens is 513 g/mol. The number of rotatable bonds is 8. The second-order valence-corrected chi connectivity index (χ2v) is 7.64. The van der Waals surface area contributed by atoms with Crippen molar-refractivity contribution in [1.82, 2.24) is 30.0 Å². The van der Waals surface area contributed by atoms with Crippen LogP contribution in [0.1, 0.15) is 22.2 Å². The Kier molecular flexibility index (Phi) is 9.50. The number of methoxy groups -OCH3 is 1. The first-order chi connectivity index (χ1) is 14.1. The van der Waals surface area contributed by atoms with Gasteiger partial charge in [0, 0.05) is 38.6 Å².